The first-order chi connectivity index (χ1) is 9.06. The quantitative estimate of drug-likeness (QED) is 0.694. The molecule has 0 saturated heterocycles. The molecule has 0 spiro atoms. The first-order valence-corrected chi connectivity index (χ1v) is 6.79. The van der Waals surface area contributed by atoms with Crippen LogP contribution >= 0.6 is 0 Å². The molecule has 0 radical (unpaired) electrons. The van der Waals surface area contributed by atoms with Gasteiger partial charge >= 0.3 is 0 Å². The molecule has 5 heteroatoms. The van der Waals surface area contributed by atoms with Crippen molar-refractivity contribution < 1.29 is 0 Å². The van der Waals surface area contributed by atoms with Gasteiger partial charge in [0.25, 0.3) is 0 Å². The first kappa shape index (κ1) is 14.0. The highest BCUT2D eigenvalue weighted by Gasteiger charge is 2.07. The van der Waals surface area contributed by atoms with Crippen LogP contribution in [0, 0.1) is 0 Å². The van der Waals surface area contributed by atoms with Gasteiger partial charge in [-0.2, -0.15) is 0 Å². The molecule has 0 aliphatic carbocycles. The first-order valence-electron chi connectivity index (χ1n) is 6.79. The standard InChI is InChI=1S/C14H23N5/c1-14(2,3)19-7-4-6-15-9-11-5-8-16-13-12(11)17-10-18-13/h5,8,10,15,19H,4,6-7,9H2,1-3H3,(H,16,17,18). The largest absolute Gasteiger partial charge is 0.343 e. The molecule has 5 nitrogen and oxygen atoms in total. The fraction of sp³-hybridized carbons (Fsp3) is 0.571. The van der Waals surface area contributed by atoms with Gasteiger partial charge in [0.2, 0.25) is 0 Å². The number of hydrogen-bond acceptors (Lipinski definition) is 4. The molecule has 0 aromatic carbocycles. The molecule has 0 aliphatic rings. The van der Waals surface area contributed by atoms with Crippen molar-refractivity contribution in [1.29, 1.82) is 0 Å². The van der Waals surface area contributed by atoms with E-state index in [9.17, 15) is 0 Å². The van der Waals surface area contributed by atoms with Gasteiger partial charge in [0.05, 0.1) is 11.8 Å². The number of aromatic amines is 1. The number of fused-ring (bicyclic) bond motifs is 1. The van der Waals surface area contributed by atoms with Crippen LogP contribution in [0.3, 0.4) is 0 Å². The Hall–Kier alpha value is -1.46. The van der Waals surface area contributed by atoms with Gasteiger partial charge in [0.1, 0.15) is 0 Å². The van der Waals surface area contributed by atoms with Gasteiger partial charge in [-0.1, -0.05) is 0 Å². The number of nitrogens with one attached hydrogen (secondary N) is 3. The average molecular weight is 261 g/mol. The maximum atomic E-state index is 4.21. The fourth-order valence-electron chi connectivity index (χ4n) is 1.95. The van der Waals surface area contributed by atoms with Crippen LogP contribution < -0.4 is 10.6 Å². The van der Waals surface area contributed by atoms with Crippen LogP contribution in [-0.4, -0.2) is 33.6 Å². The molecule has 2 aromatic heterocycles. The summed E-state index contributed by atoms with van der Waals surface area (Å²) in [6, 6.07) is 2.03. The summed E-state index contributed by atoms with van der Waals surface area (Å²) < 4.78 is 0. The van der Waals surface area contributed by atoms with Gasteiger partial charge in [0.15, 0.2) is 5.65 Å². The molecule has 0 saturated carbocycles. The number of imidazole rings is 1. The Morgan fingerprint density at radius 2 is 2.05 bits per heavy atom. The Balaban J connectivity index is 1.73. The molecule has 2 heterocycles. The zero-order valence-corrected chi connectivity index (χ0v) is 12.0. The van der Waals surface area contributed by atoms with Crippen LogP contribution in [0.1, 0.15) is 32.8 Å². The highest BCUT2D eigenvalue weighted by molar-refractivity contribution is 5.73. The minimum absolute atomic E-state index is 0.202. The van der Waals surface area contributed by atoms with Gasteiger partial charge < -0.3 is 15.6 Å². The SMILES string of the molecule is CC(C)(C)NCCCNCc1ccnc2nc[nH]c12. The zero-order valence-electron chi connectivity index (χ0n) is 12.0. The summed E-state index contributed by atoms with van der Waals surface area (Å²) in [6.07, 6.45) is 4.62. The van der Waals surface area contributed by atoms with E-state index in [1.165, 1.54) is 5.56 Å². The Bertz CT molecular complexity index is 512. The van der Waals surface area contributed by atoms with E-state index in [0.717, 1.165) is 37.2 Å². The summed E-state index contributed by atoms with van der Waals surface area (Å²) in [7, 11) is 0. The van der Waals surface area contributed by atoms with Crippen molar-refractivity contribution in [2.45, 2.75) is 39.3 Å². The van der Waals surface area contributed by atoms with E-state index in [0.29, 0.717) is 0 Å². The molecule has 2 aromatic rings. The van der Waals surface area contributed by atoms with E-state index in [2.05, 4.69) is 46.4 Å². The lowest BCUT2D eigenvalue weighted by Gasteiger charge is -2.20. The second-order valence-electron chi connectivity index (χ2n) is 5.78. The molecule has 2 rings (SSSR count). The van der Waals surface area contributed by atoms with Crippen LogP contribution in [0.5, 0.6) is 0 Å². The maximum absolute atomic E-state index is 4.21. The molecule has 3 N–H and O–H groups in total. The second kappa shape index (κ2) is 6.12. The highest BCUT2D eigenvalue weighted by atomic mass is 15.0. The lowest BCUT2D eigenvalue weighted by molar-refractivity contribution is 0.418. The van der Waals surface area contributed by atoms with E-state index in [1.54, 1.807) is 12.5 Å². The number of hydrogen-bond donors (Lipinski definition) is 3. The van der Waals surface area contributed by atoms with Gasteiger partial charge in [0, 0.05) is 18.3 Å². The number of pyridine rings is 1. The van der Waals surface area contributed by atoms with Crippen molar-refractivity contribution in [3.05, 3.63) is 24.2 Å². The van der Waals surface area contributed by atoms with Crippen molar-refractivity contribution in [2.75, 3.05) is 13.1 Å². The van der Waals surface area contributed by atoms with Crippen molar-refractivity contribution >= 4 is 11.2 Å². The molecule has 104 valence electrons. The third-order valence-corrected chi connectivity index (χ3v) is 2.91. The van der Waals surface area contributed by atoms with Crippen molar-refractivity contribution in [3.8, 4) is 0 Å². The summed E-state index contributed by atoms with van der Waals surface area (Å²) in [4.78, 5) is 11.5. The Morgan fingerprint density at radius 1 is 1.21 bits per heavy atom. The highest BCUT2D eigenvalue weighted by Crippen LogP contribution is 2.11. The van der Waals surface area contributed by atoms with Gasteiger partial charge in [-0.05, 0) is 51.9 Å². The molecule has 0 atom stereocenters. The fourth-order valence-corrected chi connectivity index (χ4v) is 1.95. The van der Waals surface area contributed by atoms with E-state index < -0.39 is 0 Å². The third-order valence-electron chi connectivity index (χ3n) is 2.91. The Morgan fingerprint density at radius 3 is 2.84 bits per heavy atom. The number of aromatic nitrogens is 3. The Labute approximate surface area is 114 Å². The molecule has 0 amide bonds. The van der Waals surface area contributed by atoms with Crippen LogP contribution in [0.15, 0.2) is 18.6 Å². The van der Waals surface area contributed by atoms with Crippen LogP contribution in [0.4, 0.5) is 0 Å². The van der Waals surface area contributed by atoms with Crippen molar-refractivity contribution in [3.63, 3.8) is 0 Å². The molecule has 0 bridgehead atoms. The molecule has 19 heavy (non-hydrogen) atoms. The molecule has 0 aliphatic heterocycles. The van der Waals surface area contributed by atoms with Crippen LogP contribution in [0.2, 0.25) is 0 Å². The predicted octanol–water partition coefficient (Wildman–Crippen LogP) is 1.83. The monoisotopic (exact) mass is 261 g/mol. The molecular formula is C14H23N5. The molecular weight excluding hydrogens is 238 g/mol. The van der Waals surface area contributed by atoms with Gasteiger partial charge in [-0.25, -0.2) is 9.97 Å². The lowest BCUT2D eigenvalue weighted by Crippen LogP contribution is -2.37. The summed E-state index contributed by atoms with van der Waals surface area (Å²) in [5.74, 6) is 0. The molecule has 0 fully saturated rings. The van der Waals surface area contributed by atoms with Crippen molar-refractivity contribution in [1.82, 2.24) is 25.6 Å². The summed E-state index contributed by atoms with van der Waals surface area (Å²) >= 11 is 0. The van der Waals surface area contributed by atoms with Crippen LogP contribution in [0.25, 0.3) is 11.2 Å². The zero-order chi connectivity index (χ0) is 13.7. The minimum atomic E-state index is 0.202. The summed E-state index contributed by atoms with van der Waals surface area (Å²) in [5, 5.41) is 6.93. The van der Waals surface area contributed by atoms with Gasteiger partial charge in [-0.15, -0.1) is 0 Å². The number of nitrogens with zero attached hydrogens (tertiary/aromatic N) is 2. The minimum Gasteiger partial charge on any atom is -0.343 e. The van der Waals surface area contributed by atoms with Crippen LogP contribution in [-0.2, 0) is 6.54 Å². The average Bonchev–Trinajstić information content (AvgIpc) is 2.81. The van der Waals surface area contributed by atoms with Gasteiger partial charge in [-0.3, -0.25) is 0 Å². The summed E-state index contributed by atoms with van der Waals surface area (Å²) in [6.45, 7) is 9.44. The maximum Gasteiger partial charge on any atom is 0.177 e. The number of rotatable bonds is 6. The third kappa shape index (κ3) is 4.29. The van der Waals surface area contributed by atoms with E-state index in [-0.39, 0.29) is 5.54 Å². The molecule has 0 unspecified atom stereocenters. The lowest BCUT2D eigenvalue weighted by atomic mass is 10.1. The summed E-state index contributed by atoms with van der Waals surface area (Å²) in [5.41, 5.74) is 3.23. The number of H-pyrrole nitrogens is 1. The second-order valence-corrected chi connectivity index (χ2v) is 5.78. The van der Waals surface area contributed by atoms with Crippen molar-refractivity contribution in [2.24, 2.45) is 0 Å². The topological polar surface area (TPSA) is 65.6 Å². The van der Waals surface area contributed by atoms with E-state index in [1.807, 2.05) is 6.07 Å². The Kier molecular flexibility index (Phi) is 4.50. The normalized spacial score (nSPS) is 12.2. The van der Waals surface area contributed by atoms with E-state index >= 15 is 0 Å². The smallest absolute Gasteiger partial charge is 0.177 e. The predicted molar refractivity (Wildman–Crippen MR) is 78.0 cm³/mol. The van der Waals surface area contributed by atoms with E-state index in [4.69, 9.17) is 0 Å².